The highest BCUT2D eigenvalue weighted by atomic mass is 16.5. The van der Waals surface area contributed by atoms with E-state index in [9.17, 15) is 5.11 Å². The van der Waals surface area contributed by atoms with E-state index in [0.29, 0.717) is 5.75 Å². The van der Waals surface area contributed by atoms with Crippen molar-refractivity contribution in [2.75, 3.05) is 46.4 Å². The molecule has 1 rings (SSSR count). The van der Waals surface area contributed by atoms with Crippen molar-refractivity contribution in [1.29, 1.82) is 0 Å². The van der Waals surface area contributed by atoms with Gasteiger partial charge < -0.3 is 31.5 Å². The first-order chi connectivity index (χ1) is 11.8. The Morgan fingerprint density at radius 3 is 2.21 bits per heavy atom. The molecule has 0 aliphatic heterocycles. The van der Waals surface area contributed by atoms with E-state index < -0.39 is 0 Å². The van der Waals surface area contributed by atoms with Gasteiger partial charge in [0.2, 0.25) is 0 Å². The molecular formula is C18H34N4O2. The van der Waals surface area contributed by atoms with Crippen LogP contribution in [0.3, 0.4) is 0 Å². The molecule has 0 unspecified atom stereocenters. The lowest BCUT2D eigenvalue weighted by Crippen LogP contribution is -2.24. The number of aromatic hydroxyl groups is 1. The summed E-state index contributed by atoms with van der Waals surface area (Å²) in [4.78, 5) is 0. The summed E-state index contributed by atoms with van der Waals surface area (Å²) in [5.41, 5.74) is 6.55. The third-order valence-corrected chi connectivity index (χ3v) is 3.80. The molecule has 0 aliphatic rings. The molecule has 0 saturated heterocycles. The van der Waals surface area contributed by atoms with E-state index in [-0.39, 0.29) is 5.75 Å². The zero-order valence-corrected chi connectivity index (χ0v) is 14.9. The van der Waals surface area contributed by atoms with Crippen LogP contribution < -0.4 is 26.4 Å². The minimum atomic E-state index is 0.181. The second kappa shape index (κ2) is 14.0. The van der Waals surface area contributed by atoms with Gasteiger partial charge in [0.05, 0.1) is 7.11 Å². The van der Waals surface area contributed by atoms with E-state index in [4.69, 9.17) is 10.5 Å². The van der Waals surface area contributed by atoms with Gasteiger partial charge in [0.25, 0.3) is 0 Å². The Kier molecular flexibility index (Phi) is 12.1. The number of methoxy groups -OCH3 is 1. The Morgan fingerprint density at radius 2 is 1.54 bits per heavy atom. The first-order valence-electron chi connectivity index (χ1n) is 8.96. The standard InChI is InChI=1S/C18H34N4O2/c1-24-18-14-16(6-7-17(18)23)15-22-13-5-12-21-10-3-2-9-20-11-4-8-19/h6-7,14,20-23H,2-5,8-13,15,19H2,1H3. The summed E-state index contributed by atoms with van der Waals surface area (Å²) in [5.74, 6) is 0.702. The molecule has 0 aliphatic carbocycles. The lowest BCUT2D eigenvalue weighted by molar-refractivity contribution is 0.373. The summed E-state index contributed by atoms with van der Waals surface area (Å²) in [6.45, 7) is 6.74. The highest BCUT2D eigenvalue weighted by molar-refractivity contribution is 5.41. The van der Waals surface area contributed by atoms with Crippen LogP contribution in [0.5, 0.6) is 11.5 Å². The van der Waals surface area contributed by atoms with Crippen LogP contribution in [0.15, 0.2) is 18.2 Å². The van der Waals surface area contributed by atoms with Gasteiger partial charge in [0.1, 0.15) is 0 Å². The first kappa shape index (κ1) is 20.7. The number of hydrogen-bond acceptors (Lipinski definition) is 6. The Hall–Kier alpha value is -1.34. The Labute approximate surface area is 146 Å². The molecule has 0 bridgehead atoms. The molecule has 24 heavy (non-hydrogen) atoms. The molecule has 1 aromatic carbocycles. The molecule has 0 aromatic heterocycles. The second-order valence-electron chi connectivity index (χ2n) is 5.89. The van der Waals surface area contributed by atoms with Crippen molar-refractivity contribution < 1.29 is 9.84 Å². The van der Waals surface area contributed by atoms with Crippen LogP contribution in [0.4, 0.5) is 0 Å². The second-order valence-corrected chi connectivity index (χ2v) is 5.89. The summed E-state index contributed by atoms with van der Waals surface area (Å²) in [5, 5.41) is 19.8. The number of benzene rings is 1. The number of nitrogens with two attached hydrogens (primary N) is 1. The third-order valence-electron chi connectivity index (χ3n) is 3.80. The highest BCUT2D eigenvalue weighted by Crippen LogP contribution is 2.25. The van der Waals surface area contributed by atoms with Gasteiger partial charge in [-0.2, -0.15) is 0 Å². The fraction of sp³-hybridized carbons (Fsp3) is 0.667. The van der Waals surface area contributed by atoms with Crippen LogP contribution in [-0.4, -0.2) is 51.5 Å². The minimum absolute atomic E-state index is 0.181. The van der Waals surface area contributed by atoms with Crippen LogP contribution in [0.2, 0.25) is 0 Å². The van der Waals surface area contributed by atoms with Crippen molar-refractivity contribution in [3.8, 4) is 11.5 Å². The van der Waals surface area contributed by atoms with Gasteiger partial charge in [-0.25, -0.2) is 0 Å². The molecule has 1 aromatic rings. The monoisotopic (exact) mass is 338 g/mol. The summed E-state index contributed by atoms with van der Waals surface area (Å²) >= 11 is 0. The molecule has 0 atom stereocenters. The van der Waals surface area contributed by atoms with E-state index in [1.54, 1.807) is 13.2 Å². The number of nitrogens with one attached hydrogen (secondary N) is 3. The average molecular weight is 338 g/mol. The Morgan fingerprint density at radius 1 is 0.917 bits per heavy atom. The zero-order chi connectivity index (χ0) is 17.5. The molecule has 6 N–H and O–H groups in total. The number of rotatable bonds is 15. The van der Waals surface area contributed by atoms with Crippen molar-refractivity contribution in [2.24, 2.45) is 5.73 Å². The van der Waals surface area contributed by atoms with Crippen molar-refractivity contribution in [3.63, 3.8) is 0 Å². The van der Waals surface area contributed by atoms with Crippen LogP contribution in [0, 0.1) is 0 Å². The molecule has 0 saturated carbocycles. The SMILES string of the molecule is COc1cc(CNCCCNCCCCNCCCN)ccc1O. The molecule has 0 amide bonds. The normalized spacial score (nSPS) is 10.9. The molecule has 0 heterocycles. The number of ether oxygens (including phenoxy) is 1. The molecule has 0 spiro atoms. The van der Waals surface area contributed by atoms with Gasteiger partial charge in [-0.05, 0) is 82.6 Å². The van der Waals surface area contributed by atoms with Gasteiger partial charge >= 0.3 is 0 Å². The van der Waals surface area contributed by atoms with Gasteiger partial charge in [-0.1, -0.05) is 6.07 Å². The van der Waals surface area contributed by atoms with Crippen LogP contribution in [0.25, 0.3) is 0 Å². The number of phenols is 1. The smallest absolute Gasteiger partial charge is 0.160 e. The van der Waals surface area contributed by atoms with Crippen molar-refractivity contribution >= 4 is 0 Å². The van der Waals surface area contributed by atoms with E-state index in [2.05, 4.69) is 16.0 Å². The fourth-order valence-electron chi connectivity index (χ4n) is 2.38. The Balaban J connectivity index is 1.90. The van der Waals surface area contributed by atoms with Crippen molar-refractivity contribution in [3.05, 3.63) is 23.8 Å². The van der Waals surface area contributed by atoms with Crippen LogP contribution >= 0.6 is 0 Å². The number of unbranched alkanes of at least 4 members (excludes halogenated alkanes) is 1. The average Bonchev–Trinajstić information content (AvgIpc) is 2.60. The predicted molar refractivity (Wildman–Crippen MR) is 99.6 cm³/mol. The number of hydrogen-bond donors (Lipinski definition) is 5. The maximum atomic E-state index is 9.56. The Bertz CT molecular complexity index is 429. The lowest BCUT2D eigenvalue weighted by Gasteiger charge is -2.09. The lowest BCUT2D eigenvalue weighted by atomic mass is 10.2. The van der Waals surface area contributed by atoms with Crippen molar-refractivity contribution in [1.82, 2.24) is 16.0 Å². The topological polar surface area (TPSA) is 91.6 Å². The van der Waals surface area contributed by atoms with Gasteiger partial charge in [-0.15, -0.1) is 0 Å². The maximum Gasteiger partial charge on any atom is 0.160 e. The van der Waals surface area contributed by atoms with E-state index in [1.807, 2.05) is 12.1 Å². The quantitative estimate of drug-likeness (QED) is 0.309. The van der Waals surface area contributed by atoms with Gasteiger partial charge in [-0.3, -0.25) is 0 Å². The van der Waals surface area contributed by atoms with E-state index in [1.165, 1.54) is 12.8 Å². The molecule has 0 fully saturated rings. The van der Waals surface area contributed by atoms with E-state index >= 15 is 0 Å². The first-order valence-corrected chi connectivity index (χ1v) is 8.96. The molecular weight excluding hydrogens is 304 g/mol. The minimum Gasteiger partial charge on any atom is -0.504 e. The van der Waals surface area contributed by atoms with Crippen molar-refractivity contribution in [2.45, 2.75) is 32.2 Å². The maximum absolute atomic E-state index is 9.56. The van der Waals surface area contributed by atoms with Gasteiger partial charge in [0.15, 0.2) is 11.5 Å². The fourth-order valence-corrected chi connectivity index (χ4v) is 2.38. The molecule has 138 valence electrons. The largest absolute Gasteiger partial charge is 0.504 e. The summed E-state index contributed by atoms with van der Waals surface area (Å²) < 4.78 is 5.11. The third kappa shape index (κ3) is 9.72. The summed E-state index contributed by atoms with van der Waals surface area (Å²) in [7, 11) is 1.56. The summed E-state index contributed by atoms with van der Waals surface area (Å²) in [6, 6.07) is 5.44. The zero-order valence-electron chi connectivity index (χ0n) is 14.9. The summed E-state index contributed by atoms with van der Waals surface area (Å²) in [6.07, 6.45) is 4.57. The predicted octanol–water partition coefficient (Wildman–Crippen LogP) is 1.19. The molecule has 6 nitrogen and oxygen atoms in total. The molecule has 0 radical (unpaired) electrons. The van der Waals surface area contributed by atoms with E-state index in [0.717, 1.165) is 64.2 Å². The number of phenolic OH excluding ortho intramolecular Hbond substituents is 1. The van der Waals surface area contributed by atoms with Crippen LogP contribution in [0.1, 0.15) is 31.2 Å². The molecule has 6 heteroatoms. The van der Waals surface area contributed by atoms with Gasteiger partial charge in [0, 0.05) is 6.54 Å². The highest BCUT2D eigenvalue weighted by Gasteiger charge is 2.02. The van der Waals surface area contributed by atoms with Crippen LogP contribution in [-0.2, 0) is 6.54 Å².